The molecule has 0 radical (unpaired) electrons. The maximum Gasteiger partial charge on any atom is 1.00 e. The van der Waals surface area contributed by atoms with Crippen molar-refractivity contribution < 1.29 is 144 Å². The largest absolute Gasteiger partial charge is 1.00 e. The Morgan fingerprint density at radius 3 is 0.626 bits per heavy atom. The number of amides is 8. The molecule has 12 aliphatic rings. The summed E-state index contributed by atoms with van der Waals surface area (Å²) in [4.78, 5) is 129. The van der Waals surface area contributed by atoms with E-state index in [4.69, 9.17) is 88.9 Å². The fourth-order valence-corrected chi connectivity index (χ4v) is 9.01. The van der Waals surface area contributed by atoms with Gasteiger partial charge in [0.2, 0.25) is 47.3 Å². The van der Waals surface area contributed by atoms with Gasteiger partial charge >= 0.3 is 57.4 Å². The van der Waals surface area contributed by atoms with Crippen LogP contribution in [0.25, 0.3) is 0 Å². The molecule has 0 aromatic heterocycles. The number of nitrogens with one attached hydrogen (secondary N) is 8. The third-order valence-electron chi connectivity index (χ3n) is 14.5. The Kier molecular flexibility index (Phi) is 114. The second-order valence-electron chi connectivity index (χ2n) is 22.5. The summed E-state index contributed by atoms with van der Waals surface area (Å²) in [5, 5.41) is 39.2. The number of cyclic esters (lactones) is 1. The van der Waals surface area contributed by atoms with E-state index in [2.05, 4.69) is 52.0 Å². The van der Waals surface area contributed by atoms with Crippen LogP contribution in [-0.2, 0) is 71.8 Å². The van der Waals surface area contributed by atoms with Crippen molar-refractivity contribution in [3.8, 4) is 0 Å². The van der Waals surface area contributed by atoms with E-state index >= 15 is 0 Å². The molecule has 8 amide bonds. The zero-order valence-electron chi connectivity index (χ0n) is 59.1. The van der Waals surface area contributed by atoms with Crippen molar-refractivity contribution in [3.63, 3.8) is 0 Å². The molecule has 12 rings (SSSR count). The number of nitrogens with two attached hydrogens (primary N) is 8. The Morgan fingerprint density at radius 2 is 0.598 bits per heavy atom. The van der Waals surface area contributed by atoms with Gasteiger partial charge in [-0.15, -0.1) is 0 Å². The molecule has 2 aliphatic carbocycles. The van der Waals surface area contributed by atoms with Gasteiger partial charge in [0, 0.05) is 32.3 Å². The van der Waals surface area contributed by atoms with Gasteiger partial charge in [0.05, 0.1) is 74.8 Å². The van der Waals surface area contributed by atoms with Gasteiger partial charge in [-0.1, -0.05) is 89.5 Å². The second-order valence-corrected chi connectivity index (χ2v) is 24.0. The number of aliphatic hydroxyl groups is 2. The van der Waals surface area contributed by atoms with Crippen LogP contribution in [0, 0.1) is 0 Å². The number of esters is 1. The first-order valence-electron chi connectivity index (χ1n) is 32.9. The summed E-state index contributed by atoms with van der Waals surface area (Å²) in [7, 11) is 0. The number of Topliss-reactive ketones (excluding diaryl/α,β-unsaturated/α-hetero) is 2. The van der Waals surface area contributed by atoms with E-state index in [1.807, 2.05) is 20.5 Å². The molecule has 38 heteroatoms. The normalized spacial score (nSPS) is 22.2. The van der Waals surface area contributed by atoms with E-state index in [9.17, 15) is 57.1 Å². The van der Waals surface area contributed by atoms with Crippen LogP contribution >= 0.6 is 23.2 Å². The molecule has 33 nitrogen and oxygen atoms in total. The molecule has 8 atom stereocenters. The van der Waals surface area contributed by atoms with Gasteiger partial charge in [-0.05, 0) is 181 Å². The molecule has 10 saturated heterocycles. The first-order chi connectivity index (χ1) is 46.2. The number of carbonyl (C=O) groups is 13. The van der Waals surface area contributed by atoms with Crippen LogP contribution in [0.3, 0.4) is 0 Å². The molecule has 26 N–H and O–H groups in total. The van der Waals surface area contributed by atoms with Crippen molar-refractivity contribution in [2.45, 2.75) is 273 Å². The Morgan fingerprint density at radius 1 is 0.421 bits per heavy atom. The van der Waals surface area contributed by atoms with Crippen LogP contribution in [0.2, 0.25) is 0 Å². The summed E-state index contributed by atoms with van der Waals surface area (Å²) in [6, 6.07) is -0.370. The third kappa shape index (κ3) is 80.9. The van der Waals surface area contributed by atoms with Crippen molar-refractivity contribution in [3.05, 3.63) is 0 Å². The van der Waals surface area contributed by atoms with Gasteiger partial charge in [-0.3, -0.25) is 57.4 Å². The molecule has 10 aliphatic heterocycles. The van der Waals surface area contributed by atoms with Gasteiger partial charge in [0.25, 0.3) is 0 Å². The maximum absolute atomic E-state index is 10.5. The summed E-state index contributed by atoms with van der Waals surface area (Å²) in [6.07, 6.45) is 22.3. The van der Waals surface area contributed by atoms with E-state index in [1.165, 1.54) is 0 Å². The third-order valence-corrected chi connectivity index (χ3v) is 15.3. The molecular weight excluding hydrogens is 1470 g/mol. The van der Waals surface area contributed by atoms with Crippen LogP contribution in [0.5, 0.6) is 0 Å². The van der Waals surface area contributed by atoms with E-state index in [0.717, 1.165) is 200 Å². The van der Waals surface area contributed by atoms with E-state index in [0.29, 0.717) is 38.3 Å². The van der Waals surface area contributed by atoms with Crippen LogP contribution < -0.4 is 140 Å². The number of ether oxygens (including phenoxy) is 2. The molecule has 2 saturated carbocycles. The Hall–Kier alpha value is -4.45. The number of epoxide rings is 1. The van der Waals surface area contributed by atoms with Crippen molar-refractivity contribution in [2.75, 3.05) is 92.1 Å². The average molecular weight is 1630 g/mol. The standard InChI is InChI=1S/8C5H10N2O.C4H4Cl2O.C4H6O2.C4H6O.C3H8O.C2H5FO.C2H4O.2CH2O.8CH4.FH.K.H/c8*6-5(8)4-2-1-3-7-4;5-4(6)2-1-3(4)7;5-4-2-1-3-6-4;5-4-2-1-3-4;1-2-3-4;3-1-2-4;1-2-3-1;2*1-2;;;;;;;;;;;/h8*4,7H,1-3H2,(H2,6,8);1-2H2;1-3H2;1-3H2;4H,2-3H2,1H3;4H,1-2H2;1-2H2;2*1H2;8*1H4;1H;;/q;;;;;;;;;;;;;;;;;;;;;;;;;+1;-1/t8*4-;;;;;;;;;;;;;;;;;;;/m00000000.................../s1. The zero-order valence-corrected chi connectivity index (χ0v) is 62.7. The number of carbonyl (C=O) groups excluding carboxylic acids is 13. The van der Waals surface area contributed by atoms with Crippen molar-refractivity contribution in [2.24, 2.45) is 45.9 Å². The van der Waals surface area contributed by atoms with Crippen LogP contribution in [0.1, 0.15) is 222 Å². The summed E-state index contributed by atoms with van der Waals surface area (Å²) in [6.45, 7) is 15.4. The molecule has 10 heterocycles. The summed E-state index contributed by atoms with van der Waals surface area (Å²) in [5.74, 6) is -1.42. The van der Waals surface area contributed by atoms with Gasteiger partial charge in [0.15, 0.2) is 10.1 Å². The number of primary amides is 8. The molecule has 0 unspecified atom stereocenters. The number of hydrogen-bond acceptors (Lipinski definition) is 25. The number of alkyl halides is 3. The quantitative estimate of drug-likeness (QED) is 0.0524. The van der Waals surface area contributed by atoms with Gasteiger partial charge in [0.1, 0.15) is 26.0 Å². The number of ketones is 2. The smallest absolute Gasteiger partial charge is 1.00 e. The van der Waals surface area contributed by atoms with E-state index < -0.39 is 11.0 Å². The van der Waals surface area contributed by atoms with Gasteiger partial charge < -0.3 is 119 Å². The summed E-state index contributed by atoms with van der Waals surface area (Å²) >= 11 is 10.7. The number of halogens is 4. The van der Waals surface area contributed by atoms with E-state index in [-0.39, 0.29) is 231 Å². The molecule has 0 aromatic carbocycles. The zero-order chi connectivity index (χ0) is 74.4. The molecule has 0 spiro atoms. The molecule has 0 bridgehead atoms. The fraction of sp³-hybridized carbons (Fsp3) is 0.812. The first-order valence-corrected chi connectivity index (χ1v) is 33.7. The minimum atomic E-state index is -1.01. The van der Waals surface area contributed by atoms with E-state index in [1.54, 1.807) is 0 Å². The number of rotatable bonds is 10. The van der Waals surface area contributed by atoms with Crippen molar-refractivity contribution in [1.29, 1.82) is 0 Å². The fourth-order valence-electron chi connectivity index (χ4n) is 8.63. The number of aliphatic hydroxyl groups excluding tert-OH is 2. The molecule has 0 aromatic rings. The SMILES string of the molecule is C.C.C.C.C.C.C.C.C1CO1.C=O.C=O.CCCO.F.NC(=O)[C@@H]1CCCN1.NC(=O)[C@@H]1CCCN1.NC(=O)[C@@H]1CCCN1.NC(=O)[C@@H]1CCCN1.NC(=O)[C@@H]1CCCN1.NC(=O)[C@@H]1CCCN1.NC(=O)[C@@H]1CCCN1.NC(=O)[C@@H]1CCCN1.O=C1CCC1.O=C1CCC1(Cl)Cl.O=C1CCCO1.OCCF.[H-].[K+]. The Balaban J connectivity index is -0.0000000659. The van der Waals surface area contributed by atoms with Crippen LogP contribution in [0.15, 0.2) is 0 Å². The topological polar surface area (TPSA) is 589 Å². The predicted octanol–water partition coefficient (Wildman–Crippen LogP) is -1.28. The second kappa shape index (κ2) is 90.4. The first kappa shape index (κ1) is 135. The van der Waals surface area contributed by atoms with Crippen molar-refractivity contribution in [1.82, 2.24) is 42.5 Å². The molecular formula is C69H151Cl2F2KN16O17. The van der Waals surface area contributed by atoms with Crippen LogP contribution in [-0.4, -0.2) is 233 Å². The minimum Gasteiger partial charge on any atom is -1.00 e. The van der Waals surface area contributed by atoms with Gasteiger partial charge in [-0.25, -0.2) is 4.39 Å². The maximum atomic E-state index is 10.5. The molecule has 107 heavy (non-hydrogen) atoms. The monoisotopic (exact) mass is 1620 g/mol. The molecule has 12 fully saturated rings. The average Bonchev–Trinajstić information content (AvgIpc) is 1.52. The summed E-state index contributed by atoms with van der Waals surface area (Å²) < 4.78 is 18.5. The van der Waals surface area contributed by atoms with Crippen molar-refractivity contribution >= 4 is 102 Å². The van der Waals surface area contributed by atoms with Gasteiger partial charge in [-0.2, -0.15) is 0 Å². The minimum absolute atomic E-state index is 0. The summed E-state index contributed by atoms with van der Waals surface area (Å²) in [5.41, 5.74) is 40.0. The number of hydrogen-bond donors (Lipinski definition) is 18. The predicted molar refractivity (Wildman–Crippen MR) is 422 cm³/mol. The Bertz CT molecular complexity index is 1830. The molecule has 638 valence electrons. The van der Waals surface area contributed by atoms with Crippen LogP contribution in [0.4, 0.5) is 9.09 Å². The Labute approximate surface area is 694 Å².